The fourth-order valence-corrected chi connectivity index (χ4v) is 4.33. The summed E-state index contributed by atoms with van der Waals surface area (Å²) < 4.78 is 13.8. The number of hydrogen-bond donors (Lipinski definition) is 3. The minimum atomic E-state index is -0.399. The van der Waals surface area contributed by atoms with Crippen molar-refractivity contribution >= 4 is 11.6 Å². The number of piperazine rings is 1. The van der Waals surface area contributed by atoms with Gasteiger partial charge < -0.3 is 15.1 Å². The van der Waals surface area contributed by atoms with E-state index in [0.29, 0.717) is 12.6 Å². The van der Waals surface area contributed by atoms with Crippen molar-refractivity contribution in [1.29, 1.82) is 0 Å². The van der Waals surface area contributed by atoms with Crippen LogP contribution in [0.15, 0.2) is 84.9 Å². The molecule has 1 saturated heterocycles. The van der Waals surface area contributed by atoms with E-state index in [0.717, 1.165) is 26.2 Å². The zero-order valence-electron chi connectivity index (χ0n) is 17.0. The summed E-state index contributed by atoms with van der Waals surface area (Å²) in [5.74, 6) is -0.537. The zero-order chi connectivity index (χ0) is 20.8. The lowest BCUT2D eigenvalue weighted by atomic mass is 9.96. The highest BCUT2D eigenvalue weighted by atomic mass is 19.1. The molecule has 0 atom stereocenters. The monoisotopic (exact) mass is 405 g/mol. The lowest BCUT2D eigenvalue weighted by Crippen LogP contribution is -3.28. The smallest absolute Gasteiger partial charge is 0.279 e. The van der Waals surface area contributed by atoms with Crippen LogP contribution in [0.3, 0.4) is 0 Å². The number of halogens is 1. The Bertz CT molecular complexity index is 917. The molecule has 30 heavy (non-hydrogen) atoms. The molecule has 0 aromatic heterocycles. The molecule has 1 amide bonds. The number of anilines is 1. The molecule has 1 aliphatic heterocycles. The van der Waals surface area contributed by atoms with Crippen LogP contribution in [0.1, 0.15) is 17.2 Å². The molecular formula is C25H28FN3O+2. The SMILES string of the molecule is O=C(C[NH+]1CC[NH+](C(c2ccccc2)c2ccccc2)CC1)Nc1ccccc1F. The molecule has 3 aromatic rings. The third-order valence-electron chi connectivity index (χ3n) is 5.83. The molecule has 1 aliphatic rings. The lowest BCUT2D eigenvalue weighted by molar-refractivity contribution is -1.02. The van der Waals surface area contributed by atoms with E-state index in [1.807, 2.05) is 0 Å². The highest BCUT2D eigenvalue weighted by Crippen LogP contribution is 2.18. The number of hydrogen-bond acceptors (Lipinski definition) is 1. The van der Waals surface area contributed by atoms with E-state index in [1.165, 1.54) is 27.0 Å². The van der Waals surface area contributed by atoms with Crippen molar-refractivity contribution in [2.45, 2.75) is 6.04 Å². The Morgan fingerprint density at radius 1 is 0.800 bits per heavy atom. The van der Waals surface area contributed by atoms with Gasteiger partial charge in [-0.2, -0.15) is 0 Å². The number of para-hydroxylation sites is 1. The third-order valence-corrected chi connectivity index (χ3v) is 5.83. The molecule has 3 N–H and O–H groups in total. The predicted octanol–water partition coefficient (Wildman–Crippen LogP) is 1.34. The van der Waals surface area contributed by atoms with Gasteiger partial charge >= 0.3 is 0 Å². The summed E-state index contributed by atoms with van der Waals surface area (Å²) in [4.78, 5) is 15.1. The van der Waals surface area contributed by atoms with Crippen molar-refractivity contribution in [1.82, 2.24) is 0 Å². The van der Waals surface area contributed by atoms with Gasteiger partial charge in [-0.3, -0.25) is 4.79 Å². The van der Waals surface area contributed by atoms with Crippen LogP contribution in [0.5, 0.6) is 0 Å². The van der Waals surface area contributed by atoms with Gasteiger partial charge in [0.15, 0.2) is 6.54 Å². The van der Waals surface area contributed by atoms with E-state index in [2.05, 4.69) is 66.0 Å². The first-order chi connectivity index (χ1) is 14.7. The van der Waals surface area contributed by atoms with Gasteiger partial charge in [-0.1, -0.05) is 72.8 Å². The summed E-state index contributed by atoms with van der Waals surface area (Å²) in [6.07, 6.45) is 0. The maximum atomic E-state index is 13.8. The fourth-order valence-electron chi connectivity index (χ4n) is 4.33. The predicted molar refractivity (Wildman–Crippen MR) is 116 cm³/mol. The molecule has 4 rings (SSSR count). The fraction of sp³-hybridized carbons (Fsp3) is 0.240. The van der Waals surface area contributed by atoms with Crippen LogP contribution in [0.4, 0.5) is 10.1 Å². The van der Waals surface area contributed by atoms with Crippen molar-refractivity contribution in [2.24, 2.45) is 0 Å². The molecule has 0 radical (unpaired) electrons. The molecule has 3 aromatic carbocycles. The van der Waals surface area contributed by atoms with Gasteiger partial charge in [0.25, 0.3) is 5.91 Å². The summed E-state index contributed by atoms with van der Waals surface area (Å²) >= 11 is 0. The Hall–Kier alpha value is -3.02. The Balaban J connectivity index is 1.39. The number of carbonyl (C=O) groups excluding carboxylic acids is 1. The number of nitrogens with one attached hydrogen (secondary N) is 3. The minimum absolute atomic E-state index is 0.138. The maximum Gasteiger partial charge on any atom is 0.279 e. The van der Waals surface area contributed by atoms with E-state index in [-0.39, 0.29) is 11.6 Å². The Kier molecular flexibility index (Phi) is 6.52. The number of rotatable bonds is 6. The topological polar surface area (TPSA) is 38.0 Å². The summed E-state index contributed by atoms with van der Waals surface area (Å²) in [5.41, 5.74) is 2.89. The number of carbonyl (C=O) groups is 1. The first-order valence-corrected chi connectivity index (χ1v) is 10.5. The Labute approximate surface area is 176 Å². The molecule has 5 heteroatoms. The average molecular weight is 406 g/mol. The normalized spacial score (nSPS) is 18.9. The first-order valence-electron chi connectivity index (χ1n) is 10.5. The molecule has 0 bridgehead atoms. The second kappa shape index (κ2) is 9.65. The average Bonchev–Trinajstić information content (AvgIpc) is 2.78. The molecule has 154 valence electrons. The van der Waals surface area contributed by atoms with Gasteiger partial charge in [-0.15, -0.1) is 0 Å². The van der Waals surface area contributed by atoms with E-state index in [9.17, 15) is 9.18 Å². The molecule has 1 fully saturated rings. The van der Waals surface area contributed by atoms with Crippen LogP contribution in [-0.4, -0.2) is 38.6 Å². The van der Waals surface area contributed by atoms with Crippen molar-refractivity contribution in [2.75, 3.05) is 38.0 Å². The largest absolute Gasteiger partial charge is 0.319 e. The van der Waals surface area contributed by atoms with Crippen LogP contribution >= 0.6 is 0 Å². The quantitative estimate of drug-likeness (QED) is 0.569. The Morgan fingerprint density at radius 2 is 1.33 bits per heavy atom. The van der Waals surface area contributed by atoms with Crippen molar-refractivity contribution in [3.8, 4) is 0 Å². The number of quaternary nitrogens is 2. The summed E-state index contributed by atoms with van der Waals surface area (Å²) in [6, 6.07) is 27.9. The summed E-state index contributed by atoms with van der Waals surface area (Å²) in [7, 11) is 0. The van der Waals surface area contributed by atoms with Crippen molar-refractivity contribution in [3.05, 3.63) is 102 Å². The Morgan fingerprint density at radius 3 is 1.90 bits per heavy atom. The molecule has 4 nitrogen and oxygen atoms in total. The van der Waals surface area contributed by atoms with Gasteiger partial charge in [0.1, 0.15) is 38.0 Å². The zero-order valence-corrected chi connectivity index (χ0v) is 17.0. The lowest BCUT2D eigenvalue weighted by Gasteiger charge is -2.34. The summed E-state index contributed by atoms with van der Waals surface area (Å²) in [6.45, 7) is 4.16. The molecule has 0 saturated carbocycles. The van der Waals surface area contributed by atoms with E-state index in [4.69, 9.17) is 0 Å². The van der Waals surface area contributed by atoms with Gasteiger partial charge in [0.05, 0.1) is 5.69 Å². The van der Waals surface area contributed by atoms with Crippen LogP contribution in [0.2, 0.25) is 0 Å². The van der Waals surface area contributed by atoms with Crippen molar-refractivity contribution in [3.63, 3.8) is 0 Å². The first kappa shape index (κ1) is 20.3. The highest BCUT2D eigenvalue weighted by molar-refractivity contribution is 5.91. The van der Waals surface area contributed by atoms with Gasteiger partial charge in [0.2, 0.25) is 0 Å². The van der Waals surface area contributed by atoms with Crippen LogP contribution in [0.25, 0.3) is 0 Å². The van der Waals surface area contributed by atoms with E-state index >= 15 is 0 Å². The van der Waals surface area contributed by atoms with Crippen LogP contribution < -0.4 is 15.1 Å². The van der Waals surface area contributed by atoms with E-state index < -0.39 is 5.82 Å². The van der Waals surface area contributed by atoms with Gasteiger partial charge in [-0.25, -0.2) is 4.39 Å². The van der Waals surface area contributed by atoms with Crippen LogP contribution in [-0.2, 0) is 4.79 Å². The second-order valence-corrected chi connectivity index (χ2v) is 7.87. The summed E-state index contributed by atoms with van der Waals surface area (Å²) in [5, 5.41) is 2.70. The van der Waals surface area contributed by atoms with Gasteiger partial charge in [-0.05, 0) is 12.1 Å². The molecule has 0 aliphatic carbocycles. The minimum Gasteiger partial charge on any atom is -0.319 e. The van der Waals surface area contributed by atoms with Crippen LogP contribution in [0, 0.1) is 5.82 Å². The number of amides is 1. The van der Waals surface area contributed by atoms with Gasteiger partial charge in [0, 0.05) is 11.1 Å². The standard InChI is InChI=1S/C25H26FN3O/c26-22-13-7-8-14-23(22)27-24(30)19-28-15-17-29(18-16-28)25(20-9-3-1-4-10-20)21-11-5-2-6-12-21/h1-14,25H,15-19H2,(H,27,30)/p+2. The maximum absolute atomic E-state index is 13.8. The molecular weight excluding hydrogens is 377 g/mol. The van der Waals surface area contributed by atoms with Crippen molar-refractivity contribution < 1.29 is 19.0 Å². The second-order valence-electron chi connectivity index (χ2n) is 7.87. The number of benzene rings is 3. The third kappa shape index (κ3) is 4.93. The molecule has 0 unspecified atom stereocenters. The molecule has 1 heterocycles. The molecule has 0 spiro atoms. The highest BCUT2D eigenvalue weighted by Gasteiger charge is 2.32. The van der Waals surface area contributed by atoms with E-state index in [1.54, 1.807) is 18.2 Å².